The summed E-state index contributed by atoms with van der Waals surface area (Å²) in [4.78, 5) is 27.1. The predicted octanol–water partition coefficient (Wildman–Crippen LogP) is 2.93. The Labute approximate surface area is 173 Å². The number of fused-ring (bicyclic) bond motifs is 1. The normalized spacial score (nSPS) is 28.8. The number of hydrogen-bond donors (Lipinski definition) is 1. The monoisotopic (exact) mass is 416 g/mol. The van der Waals surface area contributed by atoms with E-state index in [1.54, 1.807) is 0 Å². The van der Waals surface area contributed by atoms with Crippen LogP contribution in [0.25, 0.3) is 0 Å². The van der Waals surface area contributed by atoms with Gasteiger partial charge in [0.1, 0.15) is 17.5 Å². The standard InChI is InChI=1S/C21H21ClN2O3S/c1-21(12-22)17(24-18(25)15(23)19(24)28-21)20(26)27-16(13-8-4-2-5-9-13)14-10-6-3-7-11-14/h2-11,15-17,19H,12,23H2,1H3/t15?,17-,19-,21?/m0/s1. The molecule has 1 amide bonds. The molecule has 0 aliphatic carbocycles. The van der Waals surface area contributed by atoms with Crippen molar-refractivity contribution in [2.45, 2.75) is 35.2 Å². The fourth-order valence-corrected chi connectivity index (χ4v) is 5.67. The largest absolute Gasteiger partial charge is 0.451 e. The first-order valence-electron chi connectivity index (χ1n) is 9.08. The van der Waals surface area contributed by atoms with Gasteiger partial charge < -0.3 is 15.4 Å². The van der Waals surface area contributed by atoms with Gasteiger partial charge in [0.15, 0.2) is 6.10 Å². The molecule has 2 fully saturated rings. The van der Waals surface area contributed by atoms with Crippen LogP contribution in [0, 0.1) is 0 Å². The second-order valence-corrected chi connectivity index (χ2v) is 9.19. The van der Waals surface area contributed by atoms with Gasteiger partial charge in [-0.3, -0.25) is 4.79 Å². The van der Waals surface area contributed by atoms with Gasteiger partial charge in [0, 0.05) is 5.88 Å². The highest BCUT2D eigenvalue weighted by Crippen LogP contribution is 2.51. The van der Waals surface area contributed by atoms with Crippen molar-refractivity contribution in [2.24, 2.45) is 5.73 Å². The minimum absolute atomic E-state index is 0.214. The first-order chi connectivity index (χ1) is 13.5. The average Bonchev–Trinajstić information content (AvgIpc) is 3.03. The first kappa shape index (κ1) is 19.3. The van der Waals surface area contributed by atoms with Gasteiger partial charge in [-0.2, -0.15) is 0 Å². The van der Waals surface area contributed by atoms with E-state index in [-0.39, 0.29) is 17.2 Å². The number of hydrogen-bond acceptors (Lipinski definition) is 5. The van der Waals surface area contributed by atoms with Crippen molar-refractivity contribution in [1.82, 2.24) is 4.90 Å². The van der Waals surface area contributed by atoms with Gasteiger partial charge in [0.05, 0.1) is 4.75 Å². The number of carbonyl (C=O) groups is 2. The van der Waals surface area contributed by atoms with Crippen LogP contribution in [-0.2, 0) is 14.3 Å². The number of benzene rings is 2. The molecule has 5 nitrogen and oxygen atoms in total. The molecule has 0 aromatic heterocycles. The van der Waals surface area contributed by atoms with E-state index >= 15 is 0 Å². The van der Waals surface area contributed by atoms with Crippen molar-refractivity contribution in [2.75, 3.05) is 5.88 Å². The Kier molecular flexibility index (Phi) is 5.12. The van der Waals surface area contributed by atoms with E-state index in [1.165, 1.54) is 16.7 Å². The van der Waals surface area contributed by atoms with Crippen LogP contribution < -0.4 is 5.73 Å². The number of amides is 1. The molecule has 2 unspecified atom stereocenters. The summed E-state index contributed by atoms with van der Waals surface area (Å²) in [5, 5.41) is -0.235. The van der Waals surface area contributed by atoms with E-state index in [0.717, 1.165) is 11.1 Å². The van der Waals surface area contributed by atoms with Crippen LogP contribution >= 0.6 is 23.4 Å². The van der Waals surface area contributed by atoms with Crippen molar-refractivity contribution < 1.29 is 14.3 Å². The van der Waals surface area contributed by atoms with E-state index in [0.29, 0.717) is 0 Å². The SMILES string of the molecule is CC1(CCl)S[C@H]2C(N)C(=O)N2[C@H]1C(=O)OC(c1ccccc1)c1ccccc1. The Morgan fingerprint density at radius 1 is 1.18 bits per heavy atom. The number of thioether (sulfide) groups is 1. The highest BCUT2D eigenvalue weighted by molar-refractivity contribution is 8.01. The minimum Gasteiger partial charge on any atom is -0.451 e. The summed E-state index contributed by atoms with van der Waals surface area (Å²) >= 11 is 7.68. The Morgan fingerprint density at radius 2 is 1.71 bits per heavy atom. The summed E-state index contributed by atoms with van der Waals surface area (Å²) < 4.78 is 5.35. The number of carbonyl (C=O) groups excluding carboxylic acids is 2. The number of nitrogens with zero attached hydrogens (tertiary/aromatic N) is 1. The average molecular weight is 417 g/mol. The number of halogens is 1. The van der Waals surface area contributed by atoms with E-state index < -0.39 is 28.9 Å². The molecule has 2 aliphatic rings. The first-order valence-corrected chi connectivity index (χ1v) is 10.5. The number of nitrogens with two attached hydrogens (primary N) is 1. The second kappa shape index (κ2) is 7.43. The smallest absolute Gasteiger partial charge is 0.331 e. The lowest BCUT2D eigenvalue weighted by Gasteiger charge is -2.42. The highest BCUT2D eigenvalue weighted by Gasteiger charge is 2.64. The zero-order valence-corrected chi connectivity index (χ0v) is 16.9. The summed E-state index contributed by atoms with van der Waals surface area (Å²) in [6.07, 6.45) is -0.566. The van der Waals surface area contributed by atoms with Crippen LogP contribution in [0.1, 0.15) is 24.2 Å². The van der Waals surface area contributed by atoms with Crippen LogP contribution in [0.3, 0.4) is 0 Å². The molecule has 146 valence electrons. The van der Waals surface area contributed by atoms with E-state index in [4.69, 9.17) is 22.1 Å². The number of alkyl halides is 1. The lowest BCUT2D eigenvalue weighted by atomic mass is 9.95. The van der Waals surface area contributed by atoms with E-state index in [2.05, 4.69) is 0 Å². The number of rotatable bonds is 5. The third kappa shape index (κ3) is 3.09. The van der Waals surface area contributed by atoms with Crippen molar-refractivity contribution in [1.29, 1.82) is 0 Å². The summed E-state index contributed by atoms with van der Waals surface area (Å²) in [5.74, 6) is -0.480. The van der Waals surface area contributed by atoms with Gasteiger partial charge in [0.2, 0.25) is 5.91 Å². The van der Waals surface area contributed by atoms with Crippen LogP contribution in [0.15, 0.2) is 60.7 Å². The Bertz CT molecular complexity index is 842. The molecule has 7 heteroatoms. The Balaban J connectivity index is 1.65. The summed E-state index contributed by atoms with van der Waals surface area (Å²) in [6, 6.07) is 17.8. The molecule has 0 bridgehead atoms. The summed E-state index contributed by atoms with van der Waals surface area (Å²) in [7, 11) is 0. The zero-order valence-electron chi connectivity index (χ0n) is 15.3. The van der Waals surface area contributed by atoms with Crippen molar-refractivity contribution >= 4 is 35.2 Å². The molecule has 0 spiro atoms. The van der Waals surface area contributed by atoms with Crippen LogP contribution in [-0.4, -0.2) is 44.9 Å². The maximum absolute atomic E-state index is 13.3. The Hall–Kier alpha value is -2.02. The minimum atomic E-state index is -0.762. The Morgan fingerprint density at radius 3 is 2.21 bits per heavy atom. The molecule has 0 radical (unpaired) electrons. The molecule has 2 N–H and O–H groups in total. The number of ether oxygens (including phenoxy) is 1. The molecular weight excluding hydrogens is 396 g/mol. The van der Waals surface area contributed by atoms with Crippen molar-refractivity contribution in [3.63, 3.8) is 0 Å². The molecule has 2 aromatic carbocycles. The summed E-state index contributed by atoms with van der Waals surface area (Å²) in [6.45, 7) is 1.88. The van der Waals surface area contributed by atoms with Crippen molar-refractivity contribution in [3.8, 4) is 0 Å². The molecule has 0 saturated carbocycles. The van der Waals surface area contributed by atoms with Gasteiger partial charge in [-0.15, -0.1) is 23.4 Å². The highest BCUT2D eigenvalue weighted by atomic mass is 35.5. The number of β-lactam (4-membered cyclic amide) rings is 1. The lowest BCUT2D eigenvalue weighted by molar-refractivity contribution is -0.165. The maximum atomic E-state index is 13.3. The molecule has 2 saturated heterocycles. The van der Waals surface area contributed by atoms with Crippen LogP contribution in [0.5, 0.6) is 0 Å². The maximum Gasteiger partial charge on any atom is 0.331 e. The van der Waals surface area contributed by atoms with Gasteiger partial charge in [0.25, 0.3) is 0 Å². The van der Waals surface area contributed by atoms with Gasteiger partial charge in [-0.25, -0.2) is 4.79 Å². The van der Waals surface area contributed by atoms with Crippen molar-refractivity contribution in [3.05, 3.63) is 71.8 Å². The van der Waals surface area contributed by atoms with Crippen LogP contribution in [0.4, 0.5) is 0 Å². The van der Waals surface area contributed by atoms with Gasteiger partial charge in [-0.05, 0) is 18.1 Å². The number of esters is 1. The van der Waals surface area contributed by atoms with Gasteiger partial charge >= 0.3 is 5.97 Å². The van der Waals surface area contributed by atoms with Gasteiger partial charge in [-0.1, -0.05) is 60.7 Å². The fraction of sp³-hybridized carbons (Fsp3) is 0.333. The second-order valence-electron chi connectivity index (χ2n) is 7.27. The molecule has 28 heavy (non-hydrogen) atoms. The third-order valence-corrected chi connectivity index (χ3v) is 7.68. The molecule has 4 atom stereocenters. The van der Waals surface area contributed by atoms with E-state index in [1.807, 2.05) is 67.6 Å². The van der Waals surface area contributed by atoms with Crippen LogP contribution in [0.2, 0.25) is 0 Å². The fourth-order valence-electron chi connectivity index (χ4n) is 3.78. The molecule has 4 rings (SSSR count). The zero-order chi connectivity index (χ0) is 19.9. The molecule has 2 aliphatic heterocycles. The molecule has 2 aromatic rings. The molecular formula is C21H21ClN2O3S. The lowest BCUT2D eigenvalue weighted by Crippen LogP contribution is -2.69. The quantitative estimate of drug-likeness (QED) is 0.461. The van der Waals surface area contributed by atoms with E-state index in [9.17, 15) is 9.59 Å². The molecule has 2 heterocycles. The third-order valence-electron chi connectivity index (χ3n) is 5.29. The topological polar surface area (TPSA) is 72.6 Å². The predicted molar refractivity (Wildman–Crippen MR) is 110 cm³/mol. The summed E-state index contributed by atoms with van der Waals surface area (Å²) in [5.41, 5.74) is 7.65.